The van der Waals surface area contributed by atoms with Crippen LogP contribution in [0.25, 0.3) is 5.69 Å². The van der Waals surface area contributed by atoms with Crippen LogP contribution in [0.2, 0.25) is 0 Å². The normalized spacial score (nSPS) is 11.3. The first-order valence-corrected chi connectivity index (χ1v) is 8.31. The predicted molar refractivity (Wildman–Crippen MR) is 92.8 cm³/mol. The van der Waals surface area contributed by atoms with Crippen molar-refractivity contribution >= 4 is 0 Å². The molecule has 0 aliphatic carbocycles. The van der Waals surface area contributed by atoms with E-state index >= 15 is 0 Å². The lowest BCUT2D eigenvalue weighted by atomic mass is 10.00. The van der Waals surface area contributed by atoms with E-state index < -0.39 is 0 Å². The van der Waals surface area contributed by atoms with Gasteiger partial charge in [0.1, 0.15) is 17.3 Å². The molecule has 2 rings (SSSR count). The lowest BCUT2D eigenvalue weighted by molar-refractivity contribution is -0.606. The minimum absolute atomic E-state index is 0.324. The number of pyridine rings is 2. The van der Waals surface area contributed by atoms with Crippen LogP contribution in [-0.2, 0) is 0 Å². The van der Waals surface area contributed by atoms with Gasteiger partial charge in [0.25, 0.3) is 0 Å². The zero-order chi connectivity index (χ0) is 17.1. The van der Waals surface area contributed by atoms with Gasteiger partial charge in [-0.2, -0.15) is 9.83 Å². The molecule has 0 aliphatic rings. The third-order valence-corrected chi connectivity index (χ3v) is 4.09. The fraction of sp³-hybridized carbons (Fsp3) is 0.450. The summed E-state index contributed by atoms with van der Waals surface area (Å²) >= 11 is 0. The Balaban J connectivity index is 2.78. The number of aromatic nitrogens is 2. The van der Waals surface area contributed by atoms with E-state index in [2.05, 4.69) is 64.3 Å². The number of rotatable bonds is 4. The number of nitriles is 1. The molecule has 0 unspecified atom stereocenters. The molecule has 0 amide bonds. The molecular weight excluding hydrogens is 282 g/mol. The zero-order valence-corrected chi connectivity index (χ0v) is 15.0. The molecule has 0 aliphatic heterocycles. The Hall–Kier alpha value is -2.21. The van der Waals surface area contributed by atoms with Crippen LogP contribution in [0.15, 0.2) is 30.6 Å². The fourth-order valence-corrected chi connectivity index (χ4v) is 2.69. The van der Waals surface area contributed by atoms with Crippen molar-refractivity contribution < 1.29 is 4.57 Å². The number of hydrogen-bond acceptors (Lipinski definition) is 2. The molecule has 23 heavy (non-hydrogen) atoms. The van der Waals surface area contributed by atoms with Gasteiger partial charge in [0, 0.05) is 30.2 Å². The van der Waals surface area contributed by atoms with Crippen LogP contribution in [0.3, 0.4) is 0 Å². The van der Waals surface area contributed by atoms with Gasteiger partial charge in [0.05, 0.1) is 0 Å². The molecule has 0 spiro atoms. The van der Waals surface area contributed by atoms with Crippen molar-refractivity contribution in [1.29, 1.82) is 5.26 Å². The highest BCUT2D eigenvalue weighted by Gasteiger charge is 2.24. The topological polar surface area (TPSA) is 40.6 Å². The number of hydrogen-bond donors (Lipinski definition) is 0. The van der Waals surface area contributed by atoms with E-state index in [0.717, 1.165) is 11.4 Å². The third kappa shape index (κ3) is 3.59. The van der Waals surface area contributed by atoms with E-state index in [4.69, 9.17) is 4.98 Å². The van der Waals surface area contributed by atoms with Crippen LogP contribution in [0.5, 0.6) is 0 Å². The highest BCUT2D eigenvalue weighted by molar-refractivity contribution is 5.36. The fourth-order valence-electron chi connectivity index (χ4n) is 2.69. The first-order valence-electron chi connectivity index (χ1n) is 8.31. The Kier molecular flexibility index (Phi) is 5.15. The van der Waals surface area contributed by atoms with Crippen LogP contribution >= 0.6 is 0 Å². The van der Waals surface area contributed by atoms with Gasteiger partial charge in [-0.15, -0.1) is 0 Å². The summed E-state index contributed by atoms with van der Waals surface area (Å²) in [7, 11) is 0. The Morgan fingerprint density at radius 1 is 1.00 bits per heavy atom. The SMILES string of the molecule is CC(C)c1cnc(C(C)C)c(-[n+]2cc(C#N)ccc2C(C)C)c1. The smallest absolute Gasteiger partial charge is 0.233 e. The summed E-state index contributed by atoms with van der Waals surface area (Å²) in [6, 6.07) is 8.41. The quantitative estimate of drug-likeness (QED) is 0.774. The molecular formula is C20H26N3+. The van der Waals surface area contributed by atoms with Crippen molar-refractivity contribution in [2.24, 2.45) is 0 Å². The van der Waals surface area contributed by atoms with Gasteiger partial charge in [0.2, 0.25) is 5.69 Å². The monoisotopic (exact) mass is 308 g/mol. The van der Waals surface area contributed by atoms with Gasteiger partial charge in [-0.25, -0.2) is 0 Å². The van der Waals surface area contributed by atoms with Gasteiger partial charge in [-0.05, 0) is 17.5 Å². The summed E-state index contributed by atoms with van der Waals surface area (Å²) in [6.45, 7) is 13.0. The second-order valence-electron chi connectivity index (χ2n) is 6.96. The highest BCUT2D eigenvalue weighted by Crippen LogP contribution is 2.23. The van der Waals surface area contributed by atoms with Gasteiger partial charge in [0.15, 0.2) is 11.9 Å². The van der Waals surface area contributed by atoms with Crippen LogP contribution in [0, 0.1) is 11.3 Å². The predicted octanol–water partition coefficient (Wildman–Crippen LogP) is 4.60. The molecule has 0 bridgehead atoms. The van der Waals surface area contributed by atoms with E-state index in [1.807, 2.05) is 18.5 Å². The minimum Gasteiger partial charge on any atom is -0.254 e. The molecule has 2 aromatic heterocycles. The second kappa shape index (κ2) is 6.91. The maximum absolute atomic E-state index is 9.28. The lowest BCUT2D eigenvalue weighted by Gasteiger charge is -2.14. The standard InChI is InChI=1S/C20H26N3/c1-13(2)17-9-19(20(15(5)6)22-11-17)23-12-16(10-21)7-8-18(23)14(3)4/h7-9,11-15H,1-6H3/q+1. The van der Waals surface area contributed by atoms with Crippen LogP contribution in [-0.4, -0.2) is 4.98 Å². The summed E-state index contributed by atoms with van der Waals surface area (Å²) in [5.74, 6) is 1.11. The van der Waals surface area contributed by atoms with Crippen molar-refractivity contribution in [1.82, 2.24) is 4.98 Å². The van der Waals surface area contributed by atoms with Crippen LogP contribution < -0.4 is 4.57 Å². The van der Waals surface area contributed by atoms with Crippen molar-refractivity contribution in [2.75, 3.05) is 0 Å². The Morgan fingerprint density at radius 3 is 2.22 bits per heavy atom. The van der Waals surface area contributed by atoms with E-state index in [1.54, 1.807) is 0 Å². The lowest BCUT2D eigenvalue weighted by Crippen LogP contribution is -2.38. The molecule has 0 N–H and O–H groups in total. The molecule has 0 fully saturated rings. The summed E-state index contributed by atoms with van der Waals surface area (Å²) in [6.07, 6.45) is 3.91. The first kappa shape index (κ1) is 17.1. The largest absolute Gasteiger partial charge is 0.254 e. The van der Waals surface area contributed by atoms with Crippen molar-refractivity contribution in [3.05, 3.63) is 53.1 Å². The third-order valence-electron chi connectivity index (χ3n) is 4.09. The molecule has 3 nitrogen and oxygen atoms in total. The summed E-state index contributed by atoms with van der Waals surface area (Å²) in [5.41, 5.74) is 5.23. The average Bonchev–Trinajstić information content (AvgIpc) is 2.53. The molecule has 2 heterocycles. The van der Waals surface area contributed by atoms with Crippen molar-refractivity contribution in [2.45, 2.75) is 59.3 Å². The van der Waals surface area contributed by atoms with E-state index in [-0.39, 0.29) is 0 Å². The zero-order valence-electron chi connectivity index (χ0n) is 15.0. The Morgan fingerprint density at radius 2 is 1.70 bits per heavy atom. The van der Waals surface area contributed by atoms with Crippen molar-refractivity contribution in [3.63, 3.8) is 0 Å². The van der Waals surface area contributed by atoms with Crippen molar-refractivity contribution in [3.8, 4) is 11.8 Å². The molecule has 0 atom stereocenters. The molecule has 2 aromatic rings. The molecule has 120 valence electrons. The van der Waals surface area contributed by atoms with Crippen LogP contribution in [0.4, 0.5) is 0 Å². The molecule has 0 aromatic carbocycles. The van der Waals surface area contributed by atoms with Gasteiger partial charge in [-0.3, -0.25) is 4.98 Å². The van der Waals surface area contributed by atoms with Gasteiger partial charge < -0.3 is 0 Å². The summed E-state index contributed by atoms with van der Waals surface area (Å²) < 4.78 is 2.15. The number of nitrogens with zero attached hydrogens (tertiary/aromatic N) is 3. The summed E-state index contributed by atoms with van der Waals surface area (Å²) in [4.78, 5) is 4.73. The van der Waals surface area contributed by atoms with Crippen LogP contribution in [0.1, 0.15) is 81.8 Å². The Bertz CT molecular complexity index is 737. The minimum atomic E-state index is 0.324. The van der Waals surface area contributed by atoms with E-state index in [0.29, 0.717) is 23.3 Å². The second-order valence-corrected chi connectivity index (χ2v) is 6.96. The Labute approximate surface area is 139 Å². The molecule has 0 radical (unpaired) electrons. The highest BCUT2D eigenvalue weighted by atomic mass is 15.0. The van der Waals surface area contributed by atoms with Gasteiger partial charge in [-0.1, -0.05) is 41.5 Å². The maximum atomic E-state index is 9.28. The van der Waals surface area contributed by atoms with Gasteiger partial charge >= 0.3 is 0 Å². The molecule has 3 heteroatoms. The molecule has 0 saturated carbocycles. The first-order chi connectivity index (χ1) is 10.8. The average molecular weight is 308 g/mol. The van der Waals surface area contributed by atoms with E-state index in [1.165, 1.54) is 11.3 Å². The molecule has 0 saturated heterocycles. The van der Waals surface area contributed by atoms with E-state index in [9.17, 15) is 5.26 Å². The summed E-state index contributed by atoms with van der Waals surface area (Å²) in [5, 5.41) is 9.28. The maximum Gasteiger partial charge on any atom is 0.233 e.